The van der Waals surface area contributed by atoms with E-state index in [4.69, 9.17) is 5.11 Å². The van der Waals surface area contributed by atoms with Gasteiger partial charge in [0.15, 0.2) is 5.70 Å². The van der Waals surface area contributed by atoms with Crippen LogP contribution in [0.15, 0.2) is 12.0 Å². The maximum absolute atomic E-state index is 10.7. The maximum atomic E-state index is 10.7. The smallest absolute Gasteiger partial charge is 0.357 e. The molecule has 0 heterocycles. The van der Waals surface area contributed by atoms with Crippen LogP contribution in [-0.4, -0.2) is 36.5 Å². The van der Waals surface area contributed by atoms with Crippen LogP contribution in [0.1, 0.15) is 0 Å². The minimum atomic E-state index is -0.762. The highest BCUT2D eigenvalue weighted by Crippen LogP contribution is 1.98. The average molecular weight is 159 g/mol. The second-order valence-electron chi connectivity index (χ2n) is 1.72. The number of aliphatic hydroxyl groups is 1. The molecule has 5 heteroatoms. The molecule has 0 radical (unpaired) electrons. The van der Waals surface area contributed by atoms with Crippen molar-refractivity contribution in [1.82, 2.24) is 4.90 Å². The van der Waals surface area contributed by atoms with E-state index in [1.165, 1.54) is 7.05 Å². The monoisotopic (exact) mass is 159 g/mol. The van der Waals surface area contributed by atoms with E-state index in [1.54, 1.807) is 0 Å². The summed E-state index contributed by atoms with van der Waals surface area (Å²) < 4.78 is 4.26. The number of esters is 1. The Morgan fingerprint density at radius 3 is 2.45 bits per heavy atom. The lowest BCUT2D eigenvalue weighted by Gasteiger charge is -2.10. The van der Waals surface area contributed by atoms with Crippen molar-refractivity contribution >= 4 is 12.4 Å². The zero-order valence-corrected chi connectivity index (χ0v) is 6.27. The number of amides is 1. The highest BCUT2D eigenvalue weighted by Gasteiger charge is 2.13. The molecule has 1 amide bonds. The number of methoxy groups -OCH3 is 1. The fraction of sp³-hybridized carbons (Fsp3) is 0.333. The molecule has 0 aliphatic carbocycles. The van der Waals surface area contributed by atoms with E-state index in [1.807, 2.05) is 0 Å². The molecule has 0 bridgehead atoms. The SMILES string of the molecule is COC(=O)/C(=C\O)N(C)C=O. The van der Waals surface area contributed by atoms with Gasteiger partial charge in [0.25, 0.3) is 0 Å². The van der Waals surface area contributed by atoms with Crippen molar-refractivity contribution < 1.29 is 19.4 Å². The van der Waals surface area contributed by atoms with Gasteiger partial charge in [-0.15, -0.1) is 0 Å². The maximum Gasteiger partial charge on any atom is 0.357 e. The number of carbonyl (C=O) groups is 2. The summed E-state index contributed by atoms with van der Waals surface area (Å²) in [6.07, 6.45) is 0.902. The Labute approximate surface area is 63.9 Å². The molecular weight excluding hydrogens is 150 g/mol. The van der Waals surface area contributed by atoms with E-state index >= 15 is 0 Å². The molecule has 0 rings (SSSR count). The first-order valence-electron chi connectivity index (χ1n) is 2.78. The molecule has 0 aliphatic heterocycles. The van der Waals surface area contributed by atoms with Gasteiger partial charge in [-0.3, -0.25) is 4.79 Å². The molecule has 0 aliphatic rings. The Bertz CT molecular complexity index is 187. The van der Waals surface area contributed by atoms with Crippen LogP contribution in [0.4, 0.5) is 0 Å². The van der Waals surface area contributed by atoms with Gasteiger partial charge in [0.1, 0.15) is 6.26 Å². The van der Waals surface area contributed by atoms with Crippen LogP contribution in [-0.2, 0) is 14.3 Å². The standard InChI is InChI=1S/C6H9NO4/c1-7(4-9)5(3-8)6(10)11-2/h3-4,8H,1-2H3/b5-3+. The fourth-order valence-corrected chi connectivity index (χ4v) is 0.449. The van der Waals surface area contributed by atoms with Crippen molar-refractivity contribution in [2.45, 2.75) is 0 Å². The topological polar surface area (TPSA) is 66.8 Å². The molecule has 11 heavy (non-hydrogen) atoms. The van der Waals surface area contributed by atoms with Gasteiger partial charge in [-0.25, -0.2) is 4.79 Å². The zero-order chi connectivity index (χ0) is 8.85. The lowest BCUT2D eigenvalue weighted by atomic mass is 10.4. The van der Waals surface area contributed by atoms with Crippen molar-refractivity contribution in [3.63, 3.8) is 0 Å². The summed E-state index contributed by atoms with van der Waals surface area (Å²) in [5.41, 5.74) is -0.206. The largest absolute Gasteiger partial charge is 0.513 e. The van der Waals surface area contributed by atoms with E-state index in [-0.39, 0.29) is 5.70 Å². The highest BCUT2D eigenvalue weighted by molar-refractivity contribution is 5.89. The van der Waals surface area contributed by atoms with E-state index in [2.05, 4.69) is 4.74 Å². The van der Waals surface area contributed by atoms with Gasteiger partial charge in [0, 0.05) is 7.05 Å². The summed E-state index contributed by atoms with van der Waals surface area (Å²) >= 11 is 0. The Balaban J connectivity index is 4.42. The van der Waals surface area contributed by atoms with Gasteiger partial charge in [-0.2, -0.15) is 0 Å². The molecule has 5 nitrogen and oxygen atoms in total. The summed E-state index contributed by atoms with van der Waals surface area (Å²) in [4.78, 5) is 21.7. The first kappa shape index (κ1) is 9.48. The van der Waals surface area contributed by atoms with E-state index < -0.39 is 5.97 Å². The molecule has 0 saturated carbocycles. The zero-order valence-electron chi connectivity index (χ0n) is 6.27. The lowest BCUT2D eigenvalue weighted by Crippen LogP contribution is -2.23. The molecule has 0 atom stereocenters. The van der Waals surface area contributed by atoms with Crippen LogP contribution in [0.5, 0.6) is 0 Å². The van der Waals surface area contributed by atoms with Gasteiger partial charge >= 0.3 is 5.97 Å². The normalized spacial score (nSPS) is 10.5. The summed E-state index contributed by atoms with van der Waals surface area (Å²) in [5, 5.41) is 8.47. The first-order valence-corrected chi connectivity index (χ1v) is 2.78. The molecule has 62 valence electrons. The van der Waals surface area contributed by atoms with Crippen molar-refractivity contribution in [3.8, 4) is 0 Å². The second kappa shape index (κ2) is 4.32. The van der Waals surface area contributed by atoms with Crippen molar-refractivity contribution in [2.24, 2.45) is 0 Å². The molecule has 0 unspecified atom stereocenters. The second-order valence-corrected chi connectivity index (χ2v) is 1.72. The van der Waals surface area contributed by atoms with Gasteiger partial charge in [-0.1, -0.05) is 0 Å². The van der Waals surface area contributed by atoms with Gasteiger partial charge in [0.05, 0.1) is 7.11 Å². The number of hydrogen-bond donors (Lipinski definition) is 1. The van der Waals surface area contributed by atoms with E-state index in [9.17, 15) is 9.59 Å². The van der Waals surface area contributed by atoms with Gasteiger partial charge < -0.3 is 14.7 Å². The first-order chi connectivity index (χ1) is 5.17. The summed E-state index contributed by atoms with van der Waals surface area (Å²) in [6.45, 7) is 0. The highest BCUT2D eigenvalue weighted by atomic mass is 16.5. The lowest BCUT2D eigenvalue weighted by molar-refractivity contribution is -0.139. The molecule has 0 spiro atoms. The van der Waals surface area contributed by atoms with Crippen molar-refractivity contribution in [1.29, 1.82) is 0 Å². The average Bonchev–Trinajstić information content (AvgIpc) is 2.05. The van der Waals surface area contributed by atoms with E-state index in [0.717, 1.165) is 12.0 Å². The Morgan fingerprint density at radius 1 is 1.64 bits per heavy atom. The third kappa shape index (κ3) is 2.29. The third-order valence-corrected chi connectivity index (χ3v) is 1.05. The van der Waals surface area contributed by atoms with Gasteiger partial charge in [-0.05, 0) is 0 Å². The van der Waals surface area contributed by atoms with Crippen LogP contribution in [0.2, 0.25) is 0 Å². The fourth-order valence-electron chi connectivity index (χ4n) is 0.449. The minimum absolute atomic E-state index is 0.206. The van der Waals surface area contributed by atoms with Crippen LogP contribution in [0.3, 0.4) is 0 Å². The van der Waals surface area contributed by atoms with Crippen LogP contribution >= 0.6 is 0 Å². The molecule has 0 aromatic carbocycles. The Hall–Kier alpha value is -1.52. The number of nitrogens with zero attached hydrogens (tertiary/aromatic N) is 1. The molecule has 0 aromatic heterocycles. The van der Waals surface area contributed by atoms with Crippen LogP contribution in [0, 0.1) is 0 Å². The number of carbonyl (C=O) groups excluding carboxylic acids is 2. The number of rotatable bonds is 3. The van der Waals surface area contributed by atoms with Crippen LogP contribution in [0.25, 0.3) is 0 Å². The Morgan fingerprint density at radius 2 is 2.18 bits per heavy atom. The predicted octanol–water partition coefficient (Wildman–Crippen LogP) is -0.353. The molecule has 1 N–H and O–H groups in total. The predicted molar refractivity (Wildman–Crippen MR) is 36.6 cm³/mol. The third-order valence-electron chi connectivity index (χ3n) is 1.05. The number of likely N-dealkylation sites (N-methyl/N-ethyl adjacent to an activating group) is 1. The molecular formula is C6H9NO4. The van der Waals surface area contributed by atoms with E-state index in [0.29, 0.717) is 12.7 Å². The summed E-state index contributed by atoms with van der Waals surface area (Å²) in [6, 6.07) is 0. The summed E-state index contributed by atoms with van der Waals surface area (Å²) in [7, 11) is 2.48. The Kier molecular flexibility index (Phi) is 3.72. The summed E-state index contributed by atoms with van der Waals surface area (Å²) in [5.74, 6) is -0.762. The number of ether oxygens (including phenoxy) is 1. The molecule has 0 saturated heterocycles. The minimum Gasteiger partial charge on any atom is -0.513 e. The molecule has 0 fully saturated rings. The number of hydrogen-bond acceptors (Lipinski definition) is 4. The van der Waals surface area contributed by atoms with Crippen molar-refractivity contribution in [2.75, 3.05) is 14.2 Å². The number of aliphatic hydroxyl groups excluding tert-OH is 1. The van der Waals surface area contributed by atoms with Crippen molar-refractivity contribution in [3.05, 3.63) is 12.0 Å². The van der Waals surface area contributed by atoms with Gasteiger partial charge in [0.2, 0.25) is 6.41 Å². The molecule has 0 aromatic rings. The van der Waals surface area contributed by atoms with Crippen LogP contribution < -0.4 is 0 Å². The quantitative estimate of drug-likeness (QED) is 0.264.